The molecule has 82 valence electrons. The first-order valence-electron chi connectivity index (χ1n) is 5.15. The van der Waals surface area contributed by atoms with Gasteiger partial charge in [0.05, 0.1) is 30.1 Å². The molecule has 0 saturated heterocycles. The molecule has 0 radical (unpaired) electrons. The van der Waals surface area contributed by atoms with Crippen LogP contribution in [0.25, 0.3) is 0 Å². The molecule has 0 aliphatic carbocycles. The highest BCUT2D eigenvalue weighted by Gasteiger charge is 2.17. The van der Waals surface area contributed by atoms with Crippen LogP contribution in [-0.4, -0.2) is 29.8 Å². The Balaban J connectivity index is 2.14. The van der Waals surface area contributed by atoms with Crippen molar-refractivity contribution in [3.8, 4) is 0 Å². The Morgan fingerprint density at radius 1 is 1.50 bits per heavy atom. The number of rotatable bonds is 3. The summed E-state index contributed by atoms with van der Waals surface area (Å²) >= 11 is 0. The predicted molar refractivity (Wildman–Crippen MR) is 60.4 cm³/mol. The Labute approximate surface area is 93.7 Å². The molecular formula is C12H12N2O2. The lowest BCUT2D eigenvalue weighted by Gasteiger charge is -1.99. The topological polar surface area (TPSA) is 51.5 Å². The Bertz CT molecular complexity index is 449. The summed E-state index contributed by atoms with van der Waals surface area (Å²) in [7, 11) is 0. The van der Waals surface area contributed by atoms with Crippen LogP contribution in [0.5, 0.6) is 0 Å². The monoisotopic (exact) mass is 216 g/mol. The molecule has 1 aliphatic heterocycles. The zero-order valence-corrected chi connectivity index (χ0v) is 9.01. The van der Waals surface area contributed by atoms with Crippen molar-refractivity contribution in [3.05, 3.63) is 41.7 Å². The average molecular weight is 216 g/mol. The summed E-state index contributed by atoms with van der Waals surface area (Å²) in [6.07, 6.45) is 3.44. The lowest BCUT2D eigenvalue weighted by molar-refractivity contribution is -0.138. The van der Waals surface area contributed by atoms with Crippen LogP contribution in [0.2, 0.25) is 0 Å². The number of pyridine rings is 1. The van der Waals surface area contributed by atoms with Crippen molar-refractivity contribution in [1.29, 1.82) is 0 Å². The highest BCUT2D eigenvalue weighted by Crippen LogP contribution is 2.11. The minimum Gasteiger partial charge on any atom is -0.463 e. The molecule has 0 N–H and O–H groups in total. The van der Waals surface area contributed by atoms with Gasteiger partial charge in [-0.05, 0) is 25.1 Å². The number of carbonyl (C=O) groups excluding carboxylic acids is 1. The van der Waals surface area contributed by atoms with E-state index in [1.165, 1.54) is 0 Å². The lowest BCUT2D eigenvalue weighted by Crippen LogP contribution is -2.08. The maximum Gasteiger partial charge on any atom is 0.335 e. The first-order valence-corrected chi connectivity index (χ1v) is 5.15. The molecule has 0 saturated carbocycles. The summed E-state index contributed by atoms with van der Waals surface area (Å²) in [4.78, 5) is 19.9. The van der Waals surface area contributed by atoms with Crippen molar-refractivity contribution in [2.45, 2.75) is 6.92 Å². The number of aromatic nitrogens is 1. The van der Waals surface area contributed by atoms with E-state index in [-0.39, 0.29) is 5.97 Å². The fourth-order valence-electron chi connectivity index (χ4n) is 1.44. The molecule has 1 aliphatic rings. The van der Waals surface area contributed by atoms with Gasteiger partial charge in [-0.15, -0.1) is 0 Å². The van der Waals surface area contributed by atoms with Gasteiger partial charge >= 0.3 is 5.97 Å². The van der Waals surface area contributed by atoms with Gasteiger partial charge in [0.2, 0.25) is 0 Å². The third-order valence-electron chi connectivity index (χ3n) is 2.20. The number of aliphatic imine (C=N–C) groups is 1. The standard InChI is InChI=1S/C12H12N2O2/c1-2-16-12(15)9-7-11(14-8-9)10-5-3-4-6-13-10/h3-7H,2,8H2,1H3. The van der Waals surface area contributed by atoms with E-state index in [9.17, 15) is 4.79 Å². The summed E-state index contributed by atoms with van der Waals surface area (Å²) in [5.41, 5.74) is 2.10. The molecule has 1 aromatic rings. The second kappa shape index (κ2) is 4.70. The fourth-order valence-corrected chi connectivity index (χ4v) is 1.44. The molecule has 0 aromatic carbocycles. The second-order valence-corrected chi connectivity index (χ2v) is 3.31. The van der Waals surface area contributed by atoms with Crippen LogP contribution in [0.15, 0.2) is 41.0 Å². The Morgan fingerprint density at radius 2 is 2.38 bits per heavy atom. The Kier molecular flexibility index (Phi) is 3.10. The molecule has 0 fully saturated rings. The van der Waals surface area contributed by atoms with E-state index in [1.807, 2.05) is 18.2 Å². The molecule has 16 heavy (non-hydrogen) atoms. The van der Waals surface area contributed by atoms with Crippen LogP contribution >= 0.6 is 0 Å². The van der Waals surface area contributed by atoms with Gasteiger partial charge in [-0.25, -0.2) is 4.79 Å². The first kappa shape index (κ1) is 10.5. The Morgan fingerprint density at radius 3 is 3.06 bits per heavy atom. The van der Waals surface area contributed by atoms with E-state index in [0.29, 0.717) is 18.7 Å². The molecule has 0 atom stereocenters. The molecule has 0 bridgehead atoms. The van der Waals surface area contributed by atoms with Crippen molar-refractivity contribution in [3.63, 3.8) is 0 Å². The Hall–Kier alpha value is -1.97. The molecule has 2 heterocycles. The maximum absolute atomic E-state index is 11.4. The largest absolute Gasteiger partial charge is 0.463 e. The van der Waals surface area contributed by atoms with Gasteiger partial charge in [-0.1, -0.05) is 6.07 Å². The number of allylic oxidation sites excluding steroid dienone is 1. The molecule has 0 unspecified atom stereocenters. The molecule has 1 aromatic heterocycles. The van der Waals surface area contributed by atoms with E-state index in [2.05, 4.69) is 9.98 Å². The van der Waals surface area contributed by atoms with Crippen LogP contribution in [0.4, 0.5) is 0 Å². The number of ether oxygens (including phenoxy) is 1. The van der Waals surface area contributed by atoms with E-state index in [0.717, 1.165) is 11.4 Å². The molecule has 4 nitrogen and oxygen atoms in total. The maximum atomic E-state index is 11.4. The van der Waals surface area contributed by atoms with Crippen LogP contribution in [-0.2, 0) is 9.53 Å². The fraction of sp³-hybridized carbons (Fsp3) is 0.250. The van der Waals surface area contributed by atoms with Gasteiger partial charge in [-0.3, -0.25) is 9.98 Å². The van der Waals surface area contributed by atoms with Crippen molar-refractivity contribution in [1.82, 2.24) is 4.98 Å². The highest BCUT2D eigenvalue weighted by molar-refractivity contribution is 6.13. The smallest absolute Gasteiger partial charge is 0.335 e. The minimum absolute atomic E-state index is 0.294. The summed E-state index contributed by atoms with van der Waals surface area (Å²) in [6, 6.07) is 5.60. The van der Waals surface area contributed by atoms with Gasteiger partial charge in [0.1, 0.15) is 0 Å². The van der Waals surface area contributed by atoms with Gasteiger partial charge in [0.25, 0.3) is 0 Å². The van der Waals surface area contributed by atoms with Gasteiger partial charge in [0, 0.05) is 6.20 Å². The summed E-state index contributed by atoms with van der Waals surface area (Å²) in [5.74, 6) is -0.294. The third-order valence-corrected chi connectivity index (χ3v) is 2.20. The van der Waals surface area contributed by atoms with Crippen LogP contribution in [0.1, 0.15) is 12.6 Å². The lowest BCUT2D eigenvalue weighted by atomic mass is 10.2. The number of carbonyl (C=O) groups is 1. The quantitative estimate of drug-likeness (QED) is 0.717. The SMILES string of the molecule is CCOC(=O)C1=CC(c2ccccn2)=NC1. The minimum atomic E-state index is -0.294. The average Bonchev–Trinajstić information content (AvgIpc) is 2.80. The van der Waals surface area contributed by atoms with Crippen molar-refractivity contribution >= 4 is 11.7 Å². The summed E-state index contributed by atoms with van der Waals surface area (Å²) < 4.78 is 4.91. The summed E-state index contributed by atoms with van der Waals surface area (Å²) in [6.45, 7) is 2.55. The highest BCUT2D eigenvalue weighted by atomic mass is 16.5. The molecule has 0 spiro atoms. The van der Waals surface area contributed by atoms with Crippen LogP contribution < -0.4 is 0 Å². The first-order chi connectivity index (χ1) is 7.81. The van der Waals surface area contributed by atoms with E-state index >= 15 is 0 Å². The van der Waals surface area contributed by atoms with E-state index in [1.54, 1.807) is 19.2 Å². The zero-order valence-electron chi connectivity index (χ0n) is 9.01. The number of esters is 1. The van der Waals surface area contributed by atoms with E-state index in [4.69, 9.17) is 4.74 Å². The number of nitrogens with zero attached hydrogens (tertiary/aromatic N) is 2. The van der Waals surface area contributed by atoms with Crippen LogP contribution in [0.3, 0.4) is 0 Å². The van der Waals surface area contributed by atoms with Gasteiger partial charge < -0.3 is 4.74 Å². The molecule has 4 heteroatoms. The molecule has 0 amide bonds. The van der Waals surface area contributed by atoms with Crippen molar-refractivity contribution < 1.29 is 9.53 Å². The van der Waals surface area contributed by atoms with Gasteiger partial charge in [0.15, 0.2) is 0 Å². The van der Waals surface area contributed by atoms with Gasteiger partial charge in [-0.2, -0.15) is 0 Å². The van der Waals surface area contributed by atoms with Crippen molar-refractivity contribution in [2.24, 2.45) is 4.99 Å². The third kappa shape index (κ3) is 2.16. The van der Waals surface area contributed by atoms with Crippen LogP contribution in [0, 0.1) is 0 Å². The normalized spacial score (nSPS) is 14.3. The predicted octanol–water partition coefficient (Wildman–Crippen LogP) is 1.37. The zero-order chi connectivity index (χ0) is 11.4. The molecular weight excluding hydrogens is 204 g/mol. The number of hydrogen-bond acceptors (Lipinski definition) is 4. The van der Waals surface area contributed by atoms with E-state index < -0.39 is 0 Å². The number of hydrogen-bond donors (Lipinski definition) is 0. The second-order valence-electron chi connectivity index (χ2n) is 3.31. The van der Waals surface area contributed by atoms with Crippen molar-refractivity contribution in [2.75, 3.05) is 13.2 Å². The summed E-state index contributed by atoms with van der Waals surface area (Å²) in [5, 5.41) is 0. The molecule has 2 rings (SSSR count).